The molecule has 3 atom stereocenters. The molecule has 3 aliphatic rings. The third kappa shape index (κ3) is 6.14. The van der Waals surface area contributed by atoms with Crippen LogP contribution >= 0.6 is 0 Å². The molecule has 9 nitrogen and oxygen atoms in total. The highest BCUT2D eigenvalue weighted by Crippen LogP contribution is 2.42. The van der Waals surface area contributed by atoms with Crippen molar-refractivity contribution in [2.75, 3.05) is 72.7 Å². The predicted molar refractivity (Wildman–Crippen MR) is 142 cm³/mol. The SMILES string of the molecule is COCCCN(C[C@@H]1CCCN2CCCC[C@H]12)C(=O)C1CC(=O)N(c2cc(OC)c(OC)c(OC)c2)C1. The van der Waals surface area contributed by atoms with Crippen LogP contribution in [0.5, 0.6) is 17.2 Å². The average molecular weight is 518 g/mol. The monoisotopic (exact) mass is 517 g/mol. The van der Waals surface area contributed by atoms with Gasteiger partial charge in [0.15, 0.2) is 11.5 Å². The molecule has 0 aromatic heterocycles. The van der Waals surface area contributed by atoms with Crippen molar-refractivity contribution >= 4 is 17.5 Å². The summed E-state index contributed by atoms with van der Waals surface area (Å²) in [5.74, 6) is 1.56. The highest BCUT2D eigenvalue weighted by molar-refractivity contribution is 6.00. The molecule has 3 aliphatic heterocycles. The van der Waals surface area contributed by atoms with Gasteiger partial charge in [0.25, 0.3) is 0 Å². The molecule has 0 bridgehead atoms. The fourth-order valence-corrected chi connectivity index (χ4v) is 6.37. The summed E-state index contributed by atoms with van der Waals surface area (Å²) >= 11 is 0. The Morgan fingerprint density at radius 2 is 1.73 bits per heavy atom. The van der Waals surface area contributed by atoms with Crippen LogP contribution in [0.25, 0.3) is 0 Å². The maximum atomic E-state index is 13.9. The van der Waals surface area contributed by atoms with E-state index in [2.05, 4.69) is 4.90 Å². The van der Waals surface area contributed by atoms with Crippen LogP contribution in [-0.2, 0) is 14.3 Å². The van der Waals surface area contributed by atoms with Crippen molar-refractivity contribution in [3.05, 3.63) is 12.1 Å². The predicted octanol–water partition coefficient (Wildman–Crippen LogP) is 3.19. The van der Waals surface area contributed by atoms with Crippen LogP contribution in [0.1, 0.15) is 44.9 Å². The van der Waals surface area contributed by atoms with Crippen LogP contribution in [0.2, 0.25) is 0 Å². The topological polar surface area (TPSA) is 80.8 Å². The Morgan fingerprint density at radius 3 is 2.41 bits per heavy atom. The van der Waals surface area contributed by atoms with Crippen molar-refractivity contribution in [3.8, 4) is 17.2 Å². The highest BCUT2D eigenvalue weighted by Gasteiger charge is 2.40. The first kappa shape index (κ1) is 27.5. The Morgan fingerprint density at radius 1 is 1.00 bits per heavy atom. The van der Waals surface area contributed by atoms with E-state index in [1.807, 2.05) is 4.90 Å². The largest absolute Gasteiger partial charge is 0.493 e. The van der Waals surface area contributed by atoms with E-state index in [4.69, 9.17) is 18.9 Å². The lowest BCUT2D eigenvalue weighted by molar-refractivity contribution is -0.137. The number of hydrogen-bond acceptors (Lipinski definition) is 7. The maximum Gasteiger partial charge on any atom is 0.228 e. The quantitative estimate of drug-likeness (QED) is 0.417. The minimum absolute atomic E-state index is 0.0689. The first-order valence-electron chi connectivity index (χ1n) is 13.6. The third-order valence-electron chi connectivity index (χ3n) is 8.21. The molecule has 4 rings (SSSR count). The van der Waals surface area contributed by atoms with Gasteiger partial charge in [-0.2, -0.15) is 0 Å². The van der Waals surface area contributed by atoms with E-state index in [1.54, 1.807) is 45.5 Å². The van der Waals surface area contributed by atoms with Crippen LogP contribution in [0.4, 0.5) is 5.69 Å². The van der Waals surface area contributed by atoms with Gasteiger partial charge in [-0.3, -0.25) is 9.59 Å². The zero-order valence-electron chi connectivity index (χ0n) is 22.9. The van der Waals surface area contributed by atoms with E-state index in [-0.39, 0.29) is 24.2 Å². The minimum atomic E-state index is -0.375. The van der Waals surface area contributed by atoms with Gasteiger partial charge in [-0.15, -0.1) is 0 Å². The number of ether oxygens (including phenoxy) is 4. The standard InChI is InChI=1S/C28H43N3O6/c1-34-14-8-13-30(18-20-9-7-12-29-11-6-5-10-23(20)29)28(33)21-15-26(32)31(19-21)22-16-24(35-2)27(37-4)25(17-22)36-3/h16-17,20-21,23H,5-15,18-19H2,1-4H3/t20-,21?,23+/m0/s1. The number of carbonyl (C=O) groups excluding carboxylic acids is 2. The number of fused-ring (bicyclic) bond motifs is 1. The van der Waals surface area contributed by atoms with E-state index >= 15 is 0 Å². The van der Waals surface area contributed by atoms with Gasteiger partial charge in [0, 0.05) is 57.9 Å². The zero-order chi connectivity index (χ0) is 26.4. The second-order valence-electron chi connectivity index (χ2n) is 10.4. The summed E-state index contributed by atoms with van der Waals surface area (Å²) < 4.78 is 21.7. The number of rotatable bonds is 11. The molecule has 3 fully saturated rings. The number of methoxy groups -OCH3 is 4. The van der Waals surface area contributed by atoms with Gasteiger partial charge >= 0.3 is 0 Å². The number of amides is 2. The molecule has 37 heavy (non-hydrogen) atoms. The lowest BCUT2D eigenvalue weighted by Crippen LogP contribution is -2.52. The molecule has 206 valence electrons. The van der Waals surface area contributed by atoms with Gasteiger partial charge in [-0.1, -0.05) is 6.42 Å². The molecule has 0 aliphatic carbocycles. The summed E-state index contributed by atoms with van der Waals surface area (Å²) in [6.45, 7) is 4.74. The molecule has 3 heterocycles. The van der Waals surface area contributed by atoms with Crippen molar-refractivity contribution in [2.24, 2.45) is 11.8 Å². The van der Waals surface area contributed by atoms with Crippen LogP contribution in [-0.4, -0.2) is 95.4 Å². The first-order valence-corrected chi connectivity index (χ1v) is 13.6. The maximum absolute atomic E-state index is 13.9. The summed E-state index contributed by atoms with van der Waals surface area (Å²) in [6, 6.07) is 4.10. The normalized spacial score (nSPS) is 24.1. The summed E-state index contributed by atoms with van der Waals surface area (Å²) in [7, 11) is 6.34. The van der Waals surface area contributed by atoms with Crippen molar-refractivity contribution in [1.82, 2.24) is 9.80 Å². The van der Waals surface area contributed by atoms with Crippen molar-refractivity contribution < 1.29 is 28.5 Å². The molecule has 0 N–H and O–H groups in total. The summed E-state index contributed by atoms with van der Waals surface area (Å²) in [5, 5.41) is 0. The fraction of sp³-hybridized carbons (Fsp3) is 0.714. The molecule has 9 heteroatoms. The van der Waals surface area contributed by atoms with Crippen LogP contribution < -0.4 is 19.1 Å². The smallest absolute Gasteiger partial charge is 0.228 e. The Balaban J connectivity index is 1.50. The molecule has 0 radical (unpaired) electrons. The van der Waals surface area contributed by atoms with Gasteiger partial charge in [-0.25, -0.2) is 0 Å². The van der Waals surface area contributed by atoms with Gasteiger partial charge in [0.1, 0.15) is 0 Å². The number of carbonyl (C=O) groups is 2. The first-order chi connectivity index (χ1) is 18.0. The number of piperidine rings is 2. The molecule has 1 aromatic rings. The molecular weight excluding hydrogens is 474 g/mol. The molecular formula is C28H43N3O6. The van der Waals surface area contributed by atoms with Gasteiger partial charge in [0.05, 0.1) is 32.9 Å². The minimum Gasteiger partial charge on any atom is -0.493 e. The molecule has 1 aromatic carbocycles. The van der Waals surface area contributed by atoms with Crippen molar-refractivity contribution in [3.63, 3.8) is 0 Å². The summed E-state index contributed by atoms with van der Waals surface area (Å²) in [4.78, 5) is 33.3. The van der Waals surface area contributed by atoms with E-state index in [9.17, 15) is 9.59 Å². The molecule has 1 unspecified atom stereocenters. The number of anilines is 1. The lowest BCUT2D eigenvalue weighted by Gasteiger charge is -2.46. The number of nitrogens with zero attached hydrogens (tertiary/aromatic N) is 3. The van der Waals surface area contributed by atoms with Crippen LogP contribution in [0.15, 0.2) is 12.1 Å². The van der Waals surface area contributed by atoms with Gasteiger partial charge in [-0.05, 0) is 51.1 Å². The van der Waals surface area contributed by atoms with Crippen molar-refractivity contribution in [1.29, 1.82) is 0 Å². The number of benzene rings is 1. The van der Waals surface area contributed by atoms with Gasteiger partial charge < -0.3 is 33.6 Å². The molecule has 3 saturated heterocycles. The third-order valence-corrected chi connectivity index (χ3v) is 8.21. The van der Waals surface area contributed by atoms with Crippen LogP contribution in [0, 0.1) is 11.8 Å². The molecule has 0 saturated carbocycles. The zero-order valence-corrected chi connectivity index (χ0v) is 22.9. The lowest BCUT2D eigenvalue weighted by atomic mass is 9.83. The van der Waals surface area contributed by atoms with E-state index in [1.165, 1.54) is 38.8 Å². The van der Waals surface area contributed by atoms with Crippen LogP contribution in [0.3, 0.4) is 0 Å². The highest BCUT2D eigenvalue weighted by atomic mass is 16.5. The second kappa shape index (κ2) is 12.8. The number of hydrogen-bond donors (Lipinski definition) is 0. The molecule has 2 amide bonds. The summed E-state index contributed by atoms with van der Waals surface area (Å²) in [5.41, 5.74) is 0.644. The van der Waals surface area contributed by atoms with Crippen molar-refractivity contribution in [2.45, 2.75) is 51.0 Å². The Bertz CT molecular complexity index is 913. The average Bonchev–Trinajstić information content (AvgIpc) is 3.32. The molecule has 0 spiro atoms. The summed E-state index contributed by atoms with van der Waals surface area (Å²) in [6.07, 6.45) is 7.13. The van der Waals surface area contributed by atoms with Gasteiger partial charge in [0.2, 0.25) is 17.6 Å². The fourth-order valence-electron chi connectivity index (χ4n) is 6.37. The van der Waals surface area contributed by atoms with E-state index in [0.717, 1.165) is 19.4 Å². The van der Waals surface area contributed by atoms with E-state index in [0.29, 0.717) is 54.6 Å². The Kier molecular flexibility index (Phi) is 9.54. The second-order valence-corrected chi connectivity index (χ2v) is 10.4. The Labute approximate surface area is 220 Å². The van der Waals surface area contributed by atoms with E-state index < -0.39 is 0 Å². The Hall–Kier alpha value is -2.52.